The van der Waals surface area contributed by atoms with Gasteiger partial charge in [-0.1, -0.05) is 37.6 Å². The Balaban J connectivity index is 2.29. The summed E-state index contributed by atoms with van der Waals surface area (Å²) in [7, 11) is 0. The van der Waals surface area contributed by atoms with Crippen LogP contribution in [0.3, 0.4) is 0 Å². The van der Waals surface area contributed by atoms with E-state index in [0.29, 0.717) is 0 Å². The molecule has 1 aromatic rings. The largest absolute Gasteiger partial charge is 0.409 e. The summed E-state index contributed by atoms with van der Waals surface area (Å²) in [5, 5.41) is 15.2. The minimum atomic E-state index is -0.289. The lowest BCUT2D eigenvalue weighted by Gasteiger charge is -2.22. The van der Waals surface area contributed by atoms with E-state index in [2.05, 4.69) is 10.5 Å². The number of rotatable bonds is 8. The van der Waals surface area contributed by atoms with E-state index in [9.17, 15) is 4.39 Å². The van der Waals surface area contributed by atoms with Crippen molar-refractivity contribution in [3.8, 4) is 0 Å². The number of oxime groups is 1. The molecule has 0 aliphatic rings. The van der Waals surface area contributed by atoms with Crippen molar-refractivity contribution in [3.63, 3.8) is 0 Å². The van der Waals surface area contributed by atoms with E-state index in [1.54, 1.807) is 12.1 Å². The topological polar surface area (TPSA) is 70.6 Å². The van der Waals surface area contributed by atoms with E-state index < -0.39 is 0 Å². The zero-order chi connectivity index (χ0) is 15.9. The fourth-order valence-corrected chi connectivity index (χ4v) is 2.17. The summed E-state index contributed by atoms with van der Waals surface area (Å²) in [4.78, 5) is 0. The molecule has 1 unspecified atom stereocenters. The van der Waals surface area contributed by atoms with Crippen LogP contribution in [-0.2, 0) is 0 Å². The van der Waals surface area contributed by atoms with Crippen LogP contribution in [0.15, 0.2) is 29.4 Å². The van der Waals surface area contributed by atoms with Gasteiger partial charge in [0.1, 0.15) is 11.7 Å². The first-order valence-corrected chi connectivity index (χ1v) is 7.33. The minimum absolute atomic E-state index is 0.123. The van der Waals surface area contributed by atoms with E-state index in [0.717, 1.165) is 31.4 Å². The molecule has 0 aromatic heterocycles. The Morgan fingerprint density at radius 1 is 1.43 bits per heavy atom. The summed E-state index contributed by atoms with van der Waals surface area (Å²) in [6.45, 7) is 6.80. The first-order valence-electron chi connectivity index (χ1n) is 7.33. The zero-order valence-corrected chi connectivity index (χ0v) is 13.1. The van der Waals surface area contributed by atoms with Gasteiger partial charge in [0.05, 0.1) is 0 Å². The molecule has 0 amide bonds. The molecule has 4 N–H and O–H groups in total. The molecule has 118 valence electrons. The van der Waals surface area contributed by atoms with E-state index in [4.69, 9.17) is 10.9 Å². The van der Waals surface area contributed by atoms with Crippen LogP contribution in [0.2, 0.25) is 0 Å². The van der Waals surface area contributed by atoms with E-state index >= 15 is 0 Å². The quantitative estimate of drug-likeness (QED) is 0.226. The molecule has 1 aromatic carbocycles. The van der Waals surface area contributed by atoms with Crippen LogP contribution < -0.4 is 11.1 Å². The maximum Gasteiger partial charge on any atom is 0.144 e. The third-order valence-corrected chi connectivity index (χ3v) is 3.83. The van der Waals surface area contributed by atoms with Gasteiger partial charge in [-0.15, -0.1) is 0 Å². The Kier molecular flexibility index (Phi) is 6.62. The molecule has 1 rings (SSSR count). The molecule has 5 heteroatoms. The number of halogens is 1. The molecule has 0 radical (unpaired) electrons. The van der Waals surface area contributed by atoms with Gasteiger partial charge in [-0.2, -0.15) is 0 Å². The van der Waals surface area contributed by atoms with Crippen LogP contribution in [0.1, 0.15) is 51.6 Å². The molecule has 1 atom stereocenters. The zero-order valence-electron chi connectivity index (χ0n) is 13.1. The molecule has 0 saturated heterocycles. The van der Waals surface area contributed by atoms with Crippen molar-refractivity contribution < 1.29 is 9.60 Å². The number of benzene rings is 1. The average Bonchev–Trinajstić information content (AvgIpc) is 2.45. The van der Waals surface area contributed by atoms with Gasteiger partial charge in [0, 0.05) is 11.5 Å². The fourth-order valence-electron chi connectivity index (χ4n) is 2.17. The highest BCUT2D eigenvalue weighted by Gasteiger charge is 2.22. The first kappa shape index (κ1) is 17.4. The molecule has 4 nitrogen and oxygen atoms in total. The number of amidine groups is 1. The highest BCUT2D eigenvalue weighted by molar-refractivity contribution is 5.85. The molecule has 0 aliphatic heterocycles. The van der Waals surface area contributed by atoms with Gasteiger partial charge in [-0.05, 0) is 44.0 Å². The smallest absolute Gasteiger partial charge is 0.144 e. The second-order valence-corrected chi connectivity index (χ2v) is 6.06. The van der Waals surface area contributed by atoms with Gasteiger partial charge in [0.25, 0.3) is 0 Å². The van der Waals surface area contributed by atoms with Gasteiger partial charge < -0.3 is 16.3 Å². The lowest BCUT2D eigenvalue weighted by atomic mass is 9.86. The lowest BCUT2D eigenvalue weighted by Crippen LogP contribution is -2.32. The summed E-state index contributed by atoms with van der Waals surface area (Å²) in [5.74, 6) is 0.0604. The van der Waals surface area contributed by atoms with Crippen LogP contribution in [0.4, 0.5) is 4.39 Å². The van der Waals surface area contributed by atoms with Crippen LogP contribution in [0.5, 0.6) is 0 Å². The highest BCUT2D eigenvalue weighted by Crippen LogP contribution is 2.23. The fraction of sp³-hybridized carbons (Fsp3) is 0.562. The molecule has 0 heterocycles. The summed E-state index contributed by atoms with van der Waals surface area (Å²) in [5.41, 5.74) is 6.31. The third kappa shape index (κ3) is 5.71. The van der Waals surface area contributed by atoms with Gasteiger partial charge in [0.2, 0.25) is 0 Å². The predicted octanol–water partition coefficient (Wildman–Crippen LogP) is 3.42. The van der Waals surface area contributed by atoms with Gasteiger partial charge in [0.15, 0.2) is 0 Å². The maximum absolute atomic E-state index is 13.1. The average molecular weight is 295 g/mol. The van der Waals surface area contributed by atoms with Crippen molar-refractivity contribution in [1.29, 1.82) is 0 Å². The number of hydrogen-bond donors (Lipinski definition) is 3. The molecule has 0 saturated carbocycles. The molecule has 21 heavy (non-hydrogen) atoms. The normalized spacial score (nSPS) is 14.2. The minimum Gasteiger partial charge on any atom is -0.409 e. The number of hydrogen-bond acceptors (Lipinski definition) is 3. The molecule has 0 aliphatic carbocycles. The third-order valence-electron chi connectivity index (χ3n) is 3.83. The monoisotopic (exact) mass is 295 g/mol. The SMILES string of the molecule is CC(NCCCCC(C)(C)/C(N)=N/O)c1cccc(F)c1. The number of nitrogens with zero attached hydrogens (tertiary/aromatic N) is 1. The second-order valence-electron chi connectivity index (χ2n) is 6.06. The van der Waals surface area contributed by atoms with Crippen molar-refractivity contribution in [2.24, 2.45) is 16.3 Å². The van der Waals surface area contributed by atoms with Gasteiger partial charge >= 0.3 is 0 Å². The Bertz CT molecular complexity index is 474. The maximum atomic E-state index is 13.1. The van der Waals surface area contributed by atoms with Crippen molar-refractivity contribution in [1.82, 2.24) is 5.32 Å². The molecular weight excluding hydrogens is 269 g/mol. The Labute approximate surface area is 126 Å². The predicted molar refractivity (Wildman–Crippen MR) is 83.9 cm³/mol. The molecule has 0 spiro atoms. The van der Waals surface area contributed by atoms with Crippen LogP contribution in [-0.4, -0.2) is 17.6 Å². The number of nitrogens with two attached hydrogens (primary N) is 1. The van der Waals surface area contributed by atoms with Crippen LogP contribution in [0.25, 0.3) is 0 Å². The summed E-state index contributed by atoms with van der Waals surface area (Å²) >= 11 is 0. The van der Waals surface area contributed by atoms with Crippen LogP contribution in [0, 0.1) is 11.2 Å². The summed E-state index contributed by atoms with van der Waals surface area (Å²) in [6.07, 6.45) is 2.83. The summed E-state index contributed by atoms with van der Waals surface area (Å²) < 4.78 is 13.1. The lowest BCUT2D eigenvalue weighted by molar-refractivity contribution is 0.304. The van der Waals surface area contributed by atoms with Crippen LogP contribution >= 0.6 is 0 Å². The van der Waals surface area contributed by atoms with Crippen molar-refractivity contribution in [3.05, 3.63) is 35.6 Å². The van der Waals surface area contributed by atoms with E-state index in [-0.39, 0.29) is 23.1 Å². The Hall–Kier alpha value is -1.62. The standard InChI is InChI=1S/C16H26FN3O/c1-12(13-7-6-8-14(17)11-13)19-10-5-4-9-16(2,3)15(18)20-21/h6-8,11-12,19,21H,4-5,9-10H2,1-3H3,(H2,18,20). The van der Waals surface area contributed by atoms with E-state index in [1.165, 1.54) is 6.07 Å². The Morgan fingerprint density at radius 2 is 2.14 bits per heavy atom. The van der Waals surface area contributed by atoms with Crippen molar-refractivity contribution >= 4 is 5.84 Å². The first-order chi connectivity index (χ1) is 9.86. The highest BCUT2D eigenvalue weighted by atomic mass is 19.1. The Morgan fingerprint density at radius 3 is 2.76 bits per heavy atom. The van der Waals surface area contributed by atoms with Crippen molar-refractivity contribution in [2.75, 3.05) is 6.54 Å². The van der Waals surface area contributed by atoms with E-state index in [1.807, 2.05) is 26.8 Å². The van der Waals surface area contributed by atoms with Gasteiger partial charge in [-0.3, -0.25) is 0 Å². The number of unbranched alkanes of at least 4 members (excludes halogenated alkanes) is 1. The molecule has 0 bridgehead atoms. The van der Waals surface area contributed by atoms with Gasteiger partial charge in [-0.25, -0.2) is 4.39 Å². The second kappa shape index (κ2) is 7.98. The molecule has 0 fully saturated rings. The summed E-state index contributed by atoms with van der Waals surface area (Å²) in [6, 6.07) is 6.77. The number of nitrogens with one attached hydrogen (secondary N) is 1. The molecular formula is C16H26FN3O. The van der Waals surface area contributed by atoms with Crippen molar-refractivity contribution in [2.45, 2.75) is 46.1 Å².